The molecule has 0 spiro atoms. The molecule has 0 amide bonds. The van der Waals surface area contributed by atoms with Crippen molar-refractivity contribution in [2.75, 3.05) is 16.0 Å². The first kappa shape index (κ1) is 25.0. The summed E-state index contributed by atoms with van der Waals surface area (Å²) in [5.41, 5.74) is 6.49. The molecule has 1 unspecified atom stereocenters. The smallest absolute Gasteiger partial charge is 0.233 e. The van der Waals surface area contributed by atoms with Gasteiger partial charge in [-0.15, -0.1) is 0 Å². The van der Waals surface area contributed by atoms with Crippen LogP contribution in [0.2, 0.25) is 0 Å². The van der Waals surface area contributed by atoms with Crippen LogP contribution in [0.1, 0.15) is 29.2 Å². The second-order valence-corrected chi connectivity index (χ2v) is 9.38. The molecule has 1 aliphatic heterocycles. The average molecular weight is 532 g/mol. The van der Waals surface area contributed by atoms with Crippen LogP contribution >= 0.6 is 0 Å². The summed E-state index contributed by atoms with van der Waals surface area (Å²) in [5, 5.41) is 13.9. The lowest BCUT2D eigenvalue weighted by Gasteiger charge is -2.12. The van der Waals surface area contributed by atoms with Crippen LogP contribution in [0.4, 0.5) is 39.3 Å². The number of rotatable bonds is 8. The van der Waals surface area contributed by atoms with Crippen molar-refractivity contribution in [1.82, 2.24) is 15.0 Å². The van der Waals surface area contributed by atoms with E-state index >= 15 is 0 Å². The Morgan fingerprint density at radius 2 is 1.18 bits per heavy atom. The lowest BCUT2D eigenvalue weighted by Crippen LogP contribution is -2.07. The third-order valence-electron chi connectivity index (χ3n) is 6.36. The summed E-state index contributed by atoms with van der Waals surface area (Å²) in [6.45, 7) is 2.07. The number of aryl methyl sites for hydroxylation is 1. The van der Waals surface area contributed by atoms with Crippen LogP contribution in [-0.4, -0.2) is 20.7 Å². The molecule has 1 atom stereocenters. The molecule has 6 rings (SSSR count). The first-order chi connectivity index (χ1) is 19.6. The van der Waals surface area contributed by atoms with Gasteiger partial charge in [0.2, 0.25) is 17.8 Å². The van der Waals surface area contributed by atoms with E-state index in [4.69, 9.17) is 4.84 Å². The number of benzene rings is 4. The molecule has 4 aromatic carbocycles. The molecule has 0 saturated carbocycles. The van der Waals surface area contributed by atoms with Crippen LogP contribution in [-0.2, 0) is 4.84 Å². The molecule has 40 heavy (non-hydrogen) atoms. The van der Waals surface area contributed by atoms with E-state index in [0.717, 1.165) is 28.2 Å². The highest BCUT2D eigenvalue weighted by Crippen LogP contribution is 2.30. The highest BCUT2D eigenvalue weighted by atomic mass is 19.1. The van der Waals surface area contributed by atoms with Gasteiger partial charge in [-0.25, -0.2) is 4.39 Å². The van der Waals surface area contributed by atoms with Crippen molar-refractivity contribution in [3.63, 3.8) is 0 Å². The molecule has 0 fully saturated rings. The highest BCUT2D eigenvalue weighted by Gasteiger charge is 2.23. The van der Waals surface area contributed by atoms with E-state index in [9.17, 15) is 4.39 Å². The summed E-state index contributed by atoms with van der Waals surface area (Å²) in [5.74, 6) is 0.675. The number of para-hydroxylation sites is 1. The maximum Gasteiger partial charge on any atom is 0.233 e. The molecule has 0 bridgehead atoms. The quantitative estimate of drug-likeness (QED) is 0.192. The Morgan fingerprint density at radius 3 is 1.75 bits per heavy atom. The molecule has 9 heteroatoms. The Bertz CT molecular complexity index is 1620. The largest absolute Gasteiger partial charge is 0.387 e. The number of aromatic nitrogens is 3. The van der Waals surface area contributed by atoms with Crippen molar-refractivity contribution in [1.29, 1.82) is 0 Å². The normalized spacial score (nSPS) is 14.2. The molecule has 8 nitrogen and oxygen atoms in total. The summed E-state index contributed by atoms with van der Waals surface area (Å²) in [7, 11) is 0. The molecule has 3 N–H and O–H groups in total. The van der Waals surface area contributed by atoms with Crippen molar-refractivity contribution < 1.29 is 9.23 Å². The van der Waals surface area contributed by atoms with E-state index in [1.807, 2.05) is 54.6 Å². The van der Waals surface area contributed by atoms with E-state index in [1.165, 1.54) is 17.7 Å². The van der Waals surface area contributed by atoms with Crippen LogP contribution in [0.25, 0.3) is 0 Å². The minimum atomic E-state index is -0.320. The summed E-state index contributed by atoms with van der Waals surface area (Å²) in [4.78, 5) is 19.3. The Balaban J connectivity index is 1.19. The van der Waals surface area contributed by atoms with Gasteiger partial charge in [0.15, 0.2) is 6.10 Å². The van der Waals surface area contributed by atoms with Crippen LogP contribution in [0.15, 0.2) is 108 Å². The maximum atomic E-state index is 13.4. The highest BCUT2D eigenvalue weighted by molar-refractivity contribution is 6.01. The minimum absolute atomic E-state index is 0.0822. The lowest BCUT2D eigenvalue weighted by molar-refractivity contribution is 0.0857. The molecular formula is C31H26FN7O. The summed E-state index contributed by atoms with van der Waals surface area (Å²) >= 11 is 0. The van der Waals surface area contributed by atoms with Gasteiger partial charge < -0.3 is 20.8 Å². The minimum Gasteiger partial charge on any atom is -0.387 e. The number of oxime groups is 1. The zero-order valence-corrected chi connectivity index (χ0v) is 21.7. The third kappa shape index (κ3) is 6.05. The molecule has 0 radical (unpaired) electrons. The number of halogens is 1. The molecular weight excluding hydrogens is 505 g/mol. The van der Waals surface area contributed by atoms with Gasteiger partial charge in [0.05, 0.1) is 5.71 Å². The fourth-order valence-corrected chi connectivity index (χ4v) is 4.24. The maximum absolute atomic E-state index is 13.4. The standard InChI is InChI=1S/C31H26FN7O/c1-20-7-9-22(10-8-20)28-19-27(39-40-28)21-11-15-25(16-12-21)34-30-36-29(33-24-5-3-2-4-6-24)37-31(38-30)35-26-17-13-23(32)14-18-26/h2-18,28H,19H2,1H3,(H3,33,34,35,36,37,38). The molecule has 2 heterocycles. The molecule has 5 aromatic rings. The second-order valence-electron chi connectivity index (χ2n) is 9.38. The fourth-order valence-electron chi connectivity index (χ4n) is 4.24. The van der Waals surface area contributed by atoms with E-state index in [-0.39, 0.29) is 11.9 Å². The molecule has 0 aliphatic carbocycles. The van der Waals surface area contributed by atoms with Crippen molar-refractivity contribution in [3.8, 4) is 0 Å². The second kappa shape index (κ2) is 11.2. The number of nitrogens with one attached hydrogen (secondary N) is 3. The van der Waals surface area contributed by atoms with Crippen molar-refractivity contribution in [2.45, 2.75) is 19.4 Å². The predicted molar refractivity (Wildman–Crippen MR) is 155 cm³/mol. The number of nitrogens with zero attached hydrogens (tertiary/aromatic N) is 4. The van der Waals surface area contributed by atoms with Gasteiger partial charge >= 0.3 is 0 Å². The number of hydrogen-bond donors (Lipinski definition) is 3. The fraction of sp³-hybridized carbons (Fsp3) is 0.0968. The summed E-state index contributed by atoms with van der Waals surface area (Å²) in [6, 6.07) is 31.8. The Labute approximate surface area is 231 Å². The molecule has 1 aliphatic rings. The molecule has 1 aromatic heterocycles. The van der Waals surface area contributed by atoms with Crippen LogP contribution < -0.4 is 16.0 Å². The van der Waals surface area contributed by atoms with Gasteiger partial charge in [0.25, 0.3) is 0 Å². The van der Waals surface area contributed by atoms with Gasteiger partial charge in [-0.2, -0.15) is 15.0 Å². The summed E-state index contributed by atoms with van der Waals surface area (Å²) < 4.78 is 13.4. The first-order valence-corrected chi connectivity index (χ1v) is 12.8. The SMILES string of the molecule is Cc1ccc(C2CC(c3ccc(Nc4nc(Nc5ccccc5)nc(Nc5ccc(F)cc5)n4)cc3)=NO2)cc1. The van der Waals surface area contributed by atoms with Gasteiger partial charge in [-0.05, 0) is 66.6 Å². The molecule has 198 valence electrons. The van der Waals surface area contributed by atoms with E-state index < -0.39 is 0 Å². The van der Waals surface area contributed by atoms with Crippen LogP contribution in [0.5, 0.6) is 0 Å². The van der Waals surface area contributed by atoms with Crippen molar-refractivity contribution in [3.05, 3.63) is 126 Å². The van der Waals surface area contributed by atoms with Gasteiger partial charge in [-0.3, -0.25) is 0 Å². The number of hydrogen-bond acceptors (Lipinski definition) is 8. The van der Waals surface area contributed by atoms with Gasteiger partial charge in [0, 0.05) is 23.5 Å². The summed E-state index contributed by atoms with van der Waals surface area (Å²) in [6.07, 6.45) is 0.622. The van der Waals surface area contributed by atoms with Crippen molar-refractivity contribution >= 4 is 40.6 Å². The Hall–Kier alpha value is -5.31. The third-order valence-corrected chi connectivity index (χ3v) is 6.36. The van der Waals surface area contributed by atoms with Crippen LogP contribution in [0.3, 0.4) is 0 Å². The average Bonchev–Trinajstić information content (AvgIpc) is 3.46. The van der Waals surface area contributed by atoms with Gasteiger partial charge in [-0.1, -0.05) is 65.3 Å². The topological polar surface area (TPSA) is 96.4 Å². The Morgan fingerprint density at radius 1 is 0.650 bits per heavy atom. The lowest BCUT2D eigenvalue weighted by atomic mass is 9.99. The van der Waals surface area contributed by atoms with Crippen LogP contribution in [0, 0.1) is 12.7 Å². The van der Waals surface area contributed by atoms with E-state index in [1.54, 1.807) is 12.1 Å². The van der Waals surface area contributed by atoms with E-state index in [2.05, 4.69) is 67.2 Å². The molecule has 0 saturated heterocycles. The monoisotopic (exact) mass is 531 g/mol. The first-order valence-electron chi connectivity index (χ1n) is 12.8. The number of anilines is 6. The Kier molecular flexibility index (Phi) is 7.00. The zero-order valence-electron chi connectivity index (χ0n) is 21.7. The predicted octanol–water partition coefficient (Wildman–Crippen LogP) is 7.42. The van der Waals surface area contributed by atoms with E-state index in [0.29, 0.717) is 30.0 Å². The van der Waals surface area contributed by atoms with Crippen molar-refractivity contribution in [2.24, 2.45) is 5.16 Å². The van der Waals surface area contributed by atoms with Gasteiger partial charge in [0.1, 0.15) is 5.82 Å². The zero-order chi connectivity index (χ0) is 27.3.